The topological polar surface area (TPSA) is 86.2 Å². The number of ether oxygens (including phenoxy) is 1. The Labute approximate surface area is 161 Å². The average molecular weight is 377 g/mol. The number of hydrogen-bond acceptors (Lipinski definition) is 4. The fraction of sp³-hybridized carbons (Fsp3) is 0.600. The van der Waals surface area contributed by atoms with E-state index >= 15 is 0 Å². The standard InChI is InChI=1S/C20H32N4O3/c1-4-22-20(24-10-8-15(9-11-24)13-19(26)21-3)23-14-16-6-7-17(25)18(12-16)27-5-2/h6-7,12,15,25H,4-5,8-11,13-14H2,1-3H3,(H,21,26)(H,22,23). The lowest BCUT2D eigenvalue weighted by Crippen LogP contribution is -2.46. The van der Waals surface area contributed by atoms with Gasteiger partial charge in [-0.3, -0.25) is 4.79 Å². The largest absolute Gasteiger partial charge is 0.504 e. The zero-order valence-electron chi connectivity index (χ0n) is 16.6. The lowest BCUT2D eigenvalue weighted by molar-refractivity contribution is -0.121. The van der Waals surface area contributed by atoms with Gasteiger partial charge in [0.2, 0.25) is 5.91 Å². The predicted molar refractivity (Wildman–Crippen MR) is 107 cm³/mol. The number of phenols is 1. The van der Waals surface area contributed by atoms with Crippen LogP contribution in [0, 0.1) is 5.92 Å². The Hall–Kier alpha value is -2.44. The van der Waals surface area contributed by atoms with Crippen LogP contribution in [-0.4, -0.2) is 55.2 Å². The van der Waals surface area contributed by atoms with Gasteiger partial charge in [0.05, 0.1) is 13.2 Å². The van der Waals surface area contributed by atoms with E-state index in [1.54, 1.807) is 13.1 Å². The Morgan fingerprint density at radius 2 is 2.07 bits per heavy atom. The van der Waals surface area contributed by atoms with Crippen LogP contribution in [0.3, 0.4) is 0 Å². The van der Waals surface area contributed by atoms with Gasteiger partial charge in [-0.1, -0.05) is 6.07 Å². The van der Waals surface area contributed by atoms with Crippen LogP contribution in [0.2, 0.25) is 0 Å². The first-order valence-corrected chi connectivity index (χ1v) is 9.75. The van der Waals surface area contributed by atoms with Crippen molar-refractivity contribution in [2.24, 2.45) is 10.9 Å². The molecule has 1 aliphatic rings. The maximum atomic E-state index is 11.6. The van der Waals surface area contributed by atoms with Gasteiger partial charge in [-0.2, -0.15) is 0 Å². The van der Waals surface area contributed by atoms with E-state index in [4.69, 9.17) is 9.73 Å². The number of piperidine rings is 1. The van der Waals surface area contributed by atoms with E-state index in [1.807, 2.05) is 19.1 Å². The molecule has 0 bridgehead atoms. The average Bonchev–Trinajstić information content (AvgIpc) is 2.68. The van der Waals surface area contributed by atoms with Gasteiger partial charge in [0, 0.05) is 33.1 Å². The van der Waals surface area contributed by atoms with Gasteiger partial charge >= 0.3 is 0 Å². The van der Waals surface area contributed by atoms with E-state index < -0.39 is 0 Å². The molecule has 2 rings (SSSR count). The number of benzene rings is 1. The van der Waals surface area contributed by atoms with E-state index in [2.05, 4.69) is 22.5 Å². The minimum Gasteiger partial charge on any atom is -0.504 e. The highest BCUT2D eigenvalue weighted by Gasteiger charge is 2.23. The molecule has 0 atom stereocenters. The second-order valence-corrected chi connectivity index (χ2v) is 6.71. The first-order chi connectivity index (χ1) is 13.1. The number of aromatic hydroxyl groups is 1. The van der Waals surface area contributed by atoms with Crippen LogP contribution in [0.4, 0.5) is 0 Å². The molecular weight excluding hydrogens is 344 g/mol. The molecule has 3 N–H and O–H groups in total. The molecule has 150 valence electrons. The number of hydrogen-bond donors (Lipinski definition) is 3. The third-order valence-corrected chi connectivity index (χ3v) is 4.74. The van der Waals surface area contributed by atoms with Crippen LogP contribution in [-0.2, 0) is 11.3 Å². The molecule has 0 radical (unpaired) electrons. The minimum atomic E-state index is 0.117. The molecule has 1 aliphatic heterocycles. The summed E-state index contributed by atoms with van der Waals surface area (Å²) in [4.78, 5) is 18.6. The first kappa shape index (κ1) is 20.9. The molecule has 0 aromatic heterocycles. The number of nitrogens with one attached hydrogen (secondary N) is 2. The molecule has 1 heterocycles. The smallest absolute Gasteiger partial charge is 0.220 e. The van der Waals surface area contributed by atoms with Crippen LogP contribution < -0.4 is 15.4 Å². The lowest BCUT2D eigenvalue weighted by Gasteiger charge is -2.34. The van der Waals surface area contributed by atoms with E-state index in [9.17, 15) is 9.90 Å². The van der Waals surface area contributed by atoms with Crippen molar-refractivity contribution in [3.8, 4) is 11.5 Å². The lowest BCUT2D eigenvalue weighted by atomic mass is 9.93. The SMILES string of the molecule is CCNC(=NCc1ccc(O)c(OCC)c1)N1CCC(CC(=O)NC)CC1. The summed E-state index contributed by atoms with van der Waals surface area (Å²) in [5, 5.41) is 15.9. The predicted octanol–water partition coefficient (Wildman–Crippen LogP) is 2.10. The number of carbonyl (C=O) groups is 1. The molecule has 27 heavy (non-hydrogen) atoms. The minimum absolute atomic E-state index is 0.117. The third kappa shape index (κ3) is 6.34. The highest BCUT2D eigenvalue weighted by molar-refractivity contribution is 5.80. The highest BCUT2D eigenvalue weighted by atomic mass is 16.5. The van der Waals surface area contributed by atoms with Crippen LogP contribution in [0.1, 0.15) is 38.7 Å². The molecular formula is C20H32N4O3. The zero-order chi connectivity index (χ0) is 19.6. The molecule has 1 amide bonds. The Bertz CT molecular complexity index is 640. The van der Waals surface area contributed by atoms with Gasteiger partial charge in [-0.15, -0.1) is 0 Å². The molecule has 1 saturated heterocycles. The quantitative estimate of drug-likeness (QED) is 0.501. The van der Waals surface area contributed by atoms with Gasteiger partial charge in [0.25, 0.3) is 0 Å². The van der Waals surface area contributed by atoms with Gasteiger partial charge in [-0.25, -0.2) is 4.99 Å². The van der Waals surface area contributed by atoms with Gasteiger partial charge in [0.1, 0.15) is 0 Å². The van der Waals surface area contributed by atoms with Crippen molar-refractivity contribution in [1.29, 1.82) is 0 Å². The normalized spacial score (nSPS) is 15.5. The summed E-state index contributed by atoms with van der Waals surface area (Å²) < 4.78 is 5.44. The van der Waals surface area contributed by atoms with E-state index in [-0.39, 0.29) is 11.7 Å². The molecule has 0 unspecified atom stereocenters. The monoisotopic (exact) mass is 376 g/mol. The van der Waals surface area contributed by atoms with Crippen LogP contribution in [0.5, 0.6) is 11.5 Å². The van der Waals surface area contributed by atoms with Gasteiger partial charge in [-0.05, 0) is 50.3 Å². The van der Waals surface area contributed by atoms with Crippen molar-refractivity contribution < 1.29 is 14.6 Å². The fourth-order valence-electron chi connectivity index (χ4n) is 3.23. The van der Waals surface area contributed by atoms with Crippen molar-refractivity contribution in [2.75, 3.05) is 33.3 Å². The number of aliphatic imine (C=N–C) groups is 1. The van der Waals surface area contributed by atoms with Crippen LogP contribution in [0.25, 0.3) is 0 Å². The Morgan fingerprint density at radius 1 is 1.33 bits per heavy atom. The molecule has 7 nitrogen and oxygen atoms in total. The summed E-state index contributed by atoms with van der Waals surface area (Å²) in [5.74, 6) is 2.09. The van der Waals surface area contributed by atoms with E-state index in [1.165, 1.54) is 0 Å². The van der Waals surface area contributed by atoms with Crippen LogP contribution >= 0.6 is 0 Å². The summed E-state index contributed by atoms with van der Waals surface area (Å²) in [6.45, 7) is 7.56. The van der Waals surface area contributed by atoms with Crippen molar-refractivity contribution in [2.45, 2.75) is 39.7 Å². The maximum absolute atomic E-state index is 11.6. The highest BCUT2D eigenvalue weighted by Crippen LogP contribution is 2.27. The summed E-state index contributed by atoms with van der Waals surface area (Å²) in [5.41, 5.74) is 0.987. The summed E-state index contributed by atoms with van der Waals surface area (Å²) in [6, 6.07) is 5.34. The zero-order valence-corrected chi connectivity index (χ0v) is 16.6. The second kappa shape index (κ2) is 10.6. The molecule has 1 fully saturated rings. The molecule has 1 aromatic rings. The van der Waals surface area contributed by atoms with Gasteiger partial charge in [0.15, 0.2) is 17.5 Å². The number of likely N-dealkylation sites (tertiary alicyclic amines) is 1. The molecule has 0 spiro atoms. The van der Waals surface area contributed by atoms with Crippen LogP contribution in [0.15, 0.2) is 23.2 Å². The Kier molecular flexibility index (Phi) is 8.23. The first-order valence-electron chi connectivity index (χ1n) is 9.75. The summed E-state index contributed by atoms with van der Waals surface area (Å²) >= 11 is 0. The van der Waals surface area contributed by atoms with Crippen molar-refractivity contribution >= 4 is 11.9 Å². The number of phenolic OH excluding ortho intramolecular Hbond substituents is 1. The maximum Gasteiger partial charge on any atom is 0.220 e. The number of guanidine groups is 1. The van der Waals surface area contributed by atoms with Crippen molar-refractivity contribution in [1.82, 2.24) is 15.5 Å². The van der Waals surface area contributed by atoms with E-state index in [0.29, 0.717) is 31.2 Å². The third-order valence-electron chi connectivity index (χ3n) is 4.74. The van der Waals surface area contributed by atoms with E-state index in [0.717, 1.165) is 44.0 Å². The molecule has 0 aliphatic carbocycles. The molecule has 0 saturated carbocycles. The number of carbonyl (C=O) groups excluding carboxylic acids is 1. The second-order valence-electron chi connectivity index (χ2n) is 6.71. The van der Waals surface area contributed by atoms with Crippen molar-refractivity contribution in [3.05, 3.63) is 23.8 Å². The summed E-state index contributed by atoms with van der Waals surface area (Å²) in [7, 11) is 1.69. The molecule has 1 aromatic carbocycles. The fourth-order valence-corrected chi connectivity index (χ4v) is 3.23. The molecule has 7 heteroatoms. The Morgan fingerprint density at radius 3 is 2.70 bits per heavy atom. The van der Waals surface area contributed by atoms with Gasteiger partial charge < -0.3 is 25.4 Å². The number of amides is 1. The number of nitrogens with zero attached hydrogens (tertiary/aromatic N) is 2. The number of rotatable bonds is 7. The summed E-state index contributed by atoms with van der Waals surface area (Å²) in [6.07, 6.45) is 2.59. The Balaban J connectivity index is 1.98. The van der Waals surface area contributed by atoms with Crippen molar-refractivity contribution in [3.63, 3.8) is 0 Å².